The lowest BCUT2D eigenvalue weighted by Gasteiger charge is -2.15. The Labute approximate surface area is 177 Å². The summed E-state index contributed by atoms with van der Waals surface area (Å²) in [6, 6.07) is 16.3. The molecule has 0 bridgehead atoms. The first-order valence-corrected chi connectivity index (χ1v) is 10.2. The molecule has 3 aromatic rings. The molecule has 0 radical (unpaired) electrons. The molecule has 1 N–H and O–H groups in total. The Morgan fingerprint density at radius 3 is 2.50 bits per heavy atom. The number of hydrogen-bond donors (Lipinski definition) is 1. The van der Waals surface area contributed by atoms with Crippen molar-refractivity contribution in [1.29, 1.82) is 0 Å². The summed E-state index contributed by atoms with van der Waals surface area (Å²) in [5.41, 5.74) is 3.83. The number of methoxy groups -OCH3 is 1. The van der Waals surface area contributed by atoms with Crippen LogP contribution in [0.5, 0.6) is 5.75 Å². The normalized spacial score (nSPS) is 11.8. The van der Waals surface area contributed by atoms with Gasteiger partial charge in [-0.3, -0.25) is 14.9 Å². The van der Waals surface area contributed by atoms with Crippen LogP contribution in [0, 0.1) is 0 Å². The predicted octanol–water partition coefficient (Wildman–Crippen LogP) is 3.64. The van der Waals surface area contributed by atoms with Crippen LogP contribution in [0.2, 0.25) is 0 Å². The summed E-state index contributed by atoms with van der Waals surface area (Å²) in [7, 11) is 1.52. The van der Waals surface area contributed by atoms with Gasteiger partial charge in [0.2, 0.25) is 0 Å². The van der Waals surface area contributed by atoms with Gasteiger partial charge in [-0.15, -0.1) is 11.3 Å². The van der Waals surface area contributed by atoms with Gasteiger partial charge in [-0.25, -0.2) is 4.79 Å². The number of hydrogen-bond acceptors (Lipinski definition) is 6. The van der Waals surface area contributed by atoms with E-state index in [9.17, 15) is 14.4 Å². The maximum atomic E-state index is 12.4. The number of fused-ring (bicyclic) bond motifs is 3. The average molecular weight is 421 g/mol. The predicted molar refractivity (Wildman–Crippen MR) is 113 cm³/mol. The number of carbonyl (C=O) groups excluding carboxylic acids is 3. The Balaban J connectivity index is 1.35. The standard InChI is InChI=1S/C23H19NO5S/c1-28-17-10-8-15(9-11-17)22(26)24-20(25)13-29-23(27)19-12-16-7-6-14-4-2-3-5-18(14)21(16)30-19/h2-5,8-12H,6-7,13H2,1H3,(H,24,25,26). The van der Waals surface area contributed by atoms with Crippen LogP contribution in [0.3, 0.4) is 0 Å². The minimum Gasteiger partial charge on any atom is -0.497 e. The van der Waals surface area contributed by atoms with E-state index in [1.807, 2.05) is 18.2 Å². The van der Waals surface area contributed by atoms with Gasteiger partial charge in [0.15, 0.2) is 6.61 Å². The van der Waals surface area contributed by atoms with Crippen molar-refractivity contribution in [3.05, 3.63) is 76.2 Å². The summed E-state index contributed by atoms with van der Waals surface area (Å²) in [5.74, 6) is -1.22. The maximum absolute atomic E-state index is 12.4. The molecule has 7 heteroatoms. The molecule has 152 valence electrons. The monoisotopic (exact) mass is 421 g/mol. The highest BCUT2D eigenvalue weighted by Crippen LogP contribution is 2.39. The molecule has 0 saturated carbocycles. The van der Waals surface area contributed by atoms with Gasteiger partial charge in [-0.05, 0) is 59.9 Å². The topological polar surface area (TPSA) is 81.7 Å². The zero-order valence-corrected chi connectivity index (χ0v) is 17.1. The summed E-state index contributed by atoms with van der Waals surface area (Å²) in [4.78, 5) is 38.1. The number of benzene rings is 2. The molecule has 4 rings (SSSR count). The van der Waals surface area contributed by atoms with Crippen molar-refractivity contribution in [2.45, 2.75) is 12.8 Å². The van der Waals surface area contributed by atoms with Crippen LogP contribution in [0.15, 0.2) is 54.6 Å². The zero-order valence-electron chi connectivity index (χ0n) is 16.3. The number of nitrogens with one attached hydrogen (secondary N) is 1. The molecule has 0 aliphatic heterocycles. The lowest BCUT2D eigenvalue weighted by atomic mass is 9.91. The van der Waals surface area contributed by atoms with Crippen LogP contribution in [-0.2, 0) is 22.4 Å². The van der Waals surface area contributed by atoms with Gasteiger partial charge in [0.1, 0.15) is 10.6 Å². The Kier molecular flexibility index (Phi) is 5.63. The van der Waals surface area contributed by atoms with Crippen molar-refractivity contribution in [3.63, 3.8) is 0 Å². The molecule has 2 amide bonds. The number of esters is 1. The van der Waals surface area contributed by atoms with Crippen LogP contribution < -0.4 is 10.1 Å². The highest BCUT2D eigenvalue weighted by molar-refractivity contribution is 7.17. The third kappa shape index (κ3) is 4.11. The quantitative estimate of drug-likeness (QED) is 0.636. The number of thiophene rings is 1. The first-order valence-electron chi connectivity index (χ1n) is 9.41. The van der Waals surface area contributed by atoms with Gasteiger partial charge in [0.05, 0.1) is 7.11 Å². The van der Waals surface area contributed by atoms with E-state index in [0.29, 0.717) is 16.2 Å². The second-order valence-corrected chi connectivity index (χ2v) is 7.86. The summed E-state index contributed by atoms with van der Waals surface area (Å²) >= 11 is 1.37. The molecule has 0 saturated heterocycles. The van der Waals surface area contributed by atoms with Crippen LogP contribution in [0.25, 0.3) is 10.4 Å². The van der Waals surface area contributed by atoms with Gasteiger partial charge in [-0.2, -0.15) is 0 Å². The molecule has 1 aliphatic rings. The largest absolute Gasteiger partial charge is 0.497 e. The van der Waals surface area contributed by atoms with Crippen molar-refractivity contribution >= 4 is 29.1 Å². The fourth-order valence-corrected chi connectivity index (χ4v) is 4.52. The third-order valence-electron chi connectivity index (χ3n) is 4.88. The van der Waals surface area contributed by atoms with Gasteiger partial charge in [-0.1, -0.05) is 24.3 Å². The summed E-state index contributed by atoms with van der Waals surface area (Å²) in [5, 5.41) is 2.21. The van der Waals surface area contributed by atoms with Gasteiger partial charge >= 0.3 is 5.97 Å². The lowest BCUT2D eigenvalue weighted by molar-refractivity contribution is -0.123. The van der Waals surface area contributed by atoms with E-state index in [4.69, 9.17) is 9.47 Å². The van der Waals surface area contributed by atoms with Gasteiger partial charge in [0.25, 0.3) is 11.8 Å². The van der Waals surface area contributed by atoms with Crippen molar-refractivity contribution < 1.29 is 23.9 Å². The smallest absolute Gasteiger partial charge is 0.348 e. The Hall–Kier alpha value is -3.45. The molecule has 1 heterocycles. The van der Waals surface area contributed by atoms with Crippen LogP contribution in [0.1, 0.15) is 31.2 Å². The van der Waals surface area contributed by atoms with E-state index in [2.05, 4.69) is 17.4 Å². The molecule has 6 nitrogen and oxygen atoms in total. The number of carbonyl (C=O) groups is 3. The van der Waals surface area contributed by atoms with E-state index in [0.717, 1.165) is 28.8 Å². The average Bonchev–Trinajstić information content (AvgIpc) is 3.22. The van der Waals surface area contributed by atoms with Crippen LogP contribution >= 0.6 is 11.3 Å². The molecule has 1 aromatic heterocycles. The molecule has 0 fully saturated rings. The molecular weight excluding hydrogens is 402 g/mol. The SMILES string of the molecule is COc1ccc(C(=O)NC(=O)COC(=O)c2cc3c(s2)-c2ccccc2CC3)cc1. The number of ether oxygens (including phenoxy) is 2. The van der Waals surface area contributed by atoms with Crippen molar-refractivity contribution in [3.8, 4) is 16.2 Å². The molecule has 0 unspecified atom stereocenters. The summed E-state index contributed by atoms with van der Waals surface area (Å²) in [6.45, 7) is -0.528. The molecule has 30 heavy (non-hydrogen) atoms. The van der Waals surface area contributed by atoms with Crippen molar-refractivity contribution in [2.24, 2.45) is 0 Å². The number of imide groups is 1. The number of amides is 2. The van der Waals surface area contributed by atoms with Gasteiger partial charge < -0.3 is 9.47 Å². The number of aryl methyl sites for hydroxylation is 2. The first kappa shape index (κ1) is 19.8. The molecule has 1 aliphatic carbocycles. The second kappa shape index (κ2) is 8.51. The van der Waals surface area contributed by atoms with E-state index in [1.54, 1.807) is 24.3 Å². The first-order chi connectivity index (χ1) is 14.5. The molecular formula is C23H19NO5S. The Bertz CT molecular complexity index is 1120. The van der Waals surface area contributed by atoms with Crippen LogP contribution in [-0.4, -0.2) is 31.5 Å². The molecule has 0 spiro atoms. The second-order valence-electron chi connectivity index (χ2n) is 6.80. The van der Waals surface area contributed by atoms with E-state index in [-0.39, 0.29) is 0 Å². The minimum absolute atomic E-state index is 0.306. The number of rotatable bonds is 5. The highest BCUT2D eigenvalue weighted by Gasteiger charge is 2.22. The summed E-state index contributed by atoms with van der Waals surface area (Å²) in [6.07, 6.45) is 1.80. The minimum atomic E-state index is -0.684. The lowest BCUT2D eigenvalue weighted by Crippen LogP contribution is -2.34. The molecule has 0 atom stereocenters. The fourth-order valence-electron chi connectivity index (χ4n) is 3.35. The maximum Gasteiger partial charge on any atom is 0.348 e. The highest BCUT2D eigenvalue weighted by atomic mass is 32.1. The third-order valence-corrected chi connectivity index (χ3v) is 6.07. The zero-order chi connectivity index (χ0) is 21.1. The van der Waals surface area contributed by atoms with Crippen molar-refractivity contribution in [2.75, 3.05) is 13.7 Å². The van der Waals surface area contributed by atoms with E-state index in [1.165, 1.54) is 24.0 Å². The summed E-state index contributed by atoms with van der Waals surface area (Å²) < 4.78 is 10.1. The van der Waals surface area contributed by atoms with Crippen molar-refractivity contribution in [1.82, 2.24) is 5.32 Å². The van der Waals surface area contributed by atoms with Crippen LogP contribution in [0.4, 0.5) is 0 Å². The van der Waals surface area contributed by atoms with Gasteiger partial charge in [0, 0.05) is 10.4 Å². The van der Waals surface area contributed by atoms with E-state index >= 15 is 0 Å². The Morgan fingerprint density at radius 2 is 1.73 bits per heavy atom. The Morgan fingerprint density at radius 1 is 1.00 bits per heavy atom. The van der Waals surface area contributed by atoms with E-state index < -0.39 is 24.4 Å². The fraction of sp³-hybridized carbons (Fsp3) is 0.174. The molecule has 2 aromatic carbocycles.